The van der Waals surface area contributed by atoms with Crippen LogP contribution in [0.2, 0.25) is 0 Å². The van der Waals surface area contributed by atoms with Gasteiger partial charge in [0, 0.05) is 5.56 Å². The molecule has 0 fully saturated rings. The molecule has 0 aliphatic rings. The van der Waals surface area contributed by atoms with Crippen molar-refractivity contribution in [3.63, 3.8) is 0 Å². The van der Waals surface area contributed by atoms with Gasteiger partial charge in [-0.2, -0.15) is 8.78 Å². The standard InChI is InChI=1S/C13H15F2NO4S/c1-8(16-11(17)6-21-7-12(18)19)9-4-2-3-5-10(9)20-13(14)15/h2-5,8,13H,6-7H2,1H3,(H,16,17)(H,18,19). The predicted molar refractivity (Wildman–Crippen MR) is 74.6 cm³/mol. The van der Waals surface area contributed by atoms with E-state index in [1.165, 1.54) is 6.07 Å². The third kappa shape index (κ3) is 6.44. The van der Waals surface area contributed by atoms with Gasteiger partial charge in [0.15, 0.2) is 0 Å². The maximum atomic E-state index is 12.3. The lowest BCUT2D eigenvalue weighted by Crippen LogP contribution is -2.29. The molecule has 0 spiro atoms. The minimum absolute atomic E-state index is 0.00140. The minimum atomic E-state index is -2.94. The summed E-state index contributed by atoms with van der Waals surface area (Å²) in [7, 11) is 0. The van der Waals surface area contributed by atoms with Gasteiger partial charge in [0.25, 0.3) is 0 Å². The Balaban J connectivity index is 2.60. The smallest absolute Gasteiger partial charge is 0.387 e. The number of rotatable bonds is 8. The number of hydrogen-bond acceptors (Lipinski definition) is 4. The first kappa shape index (κ1) is 17.2. The topological polar surface area (TPSA) is 75.6 Å². The highest BCUT2D eigenvalue weighted by Crippen LogP contribution is 2.26. The van der Waals surface area contributed by atoms with Crippen molar-refractivity contribution in [2.24, 2.45) is 0 Å². The van der Waals surface area contributed by atoms with E-state index in [1.54, 1.807) is 25.1 Å². The molecule has 0 heterocycles. The van der Waals surface area contributed by atoms with Gasteiger partial charge < -0.3 is 15.2 Å². The van der Waals surface area contributed by atoms with E-state index in [9.17, 15) is 18.4 Å². The number of amides is 1. The Labute approximate surface area is 124 Å². The van der Waals surface area contributed by atoms with E-state index in [0.29, 0.717) is 5.56 Å². The fourth-order valence-corrected chi connectivity index (χ4v) is 2.18. The van der Waals surface area contributed by atoms with Crippen LogP contribution in [-0.4, -0.2) is 35.1 Å². The lowest BCUT2D eigenvalue weighted by molar-refractivity contribution is -0.133. The Morgan fingerprint density at radius 1 is 1.33 bits per heavy atom. The maximum Gasteiger partial charge on any atom is 0.387 e. The first-order valence-electron chi connectivity index (χ1n) is 6.02. The number of aliphatic carboxylic acids is 1. The number of thioether (sulfide) groups is 1. The molecular formula is C13H15F2NO4S. The van der Waals surface area contributed by atoms with Crippen LogP contribution in [0.15, 0.2) is 24.3 Å². The summed E-state index contributed by atoms with van der Waals surface area (Å²) in [6.45, 7) is -1.31. The highest BCUT2D eigenvalue weighted by atomic mass is 32.2. The number of para-hydroxylation sites is 1. The van der Waals surface area contributed by atoms with Crippen LogP contribution < -0.4 is 10.1 Å². The van der Waals surface area contributed by atoms with E-state index in [2.05, 4.69) is 10.1 Å². The number of carboxylic acids is 1. The fraction of sp³-hybridized carbons (Fsp3) is 0.385. The summed E-state index contributed by atoms with van der Waals surface area (Å²) >= 11 is 0.959. The summed E-state index contributed by atoms with van der Waals surface area (Å²) in [4.78, 5) is 22.0. The molecule has 5 nitrogen and oxygen atoms in total. The Morgan fingerprint density at radius 3 is 2.62 bits per heavy atom. The first-order valence-corrected chi connectivity index (χ1v) is 7.18. The third-order valence-corrected chi connectivity index (χ3v) is 3.36. The molecule has 0 saturated heterocycles. The van der Waals surface area contributed by atoms with E-state index in [0.717, 1.165) is 11.8 Å². The number of nitrogens with one attached hydrogen (secondary N) is 1. The van der Waals surface area contributed by atoms with Gasteiger partial charge >= 0.3 is 12.6 Å². The number of carbonyl (C=O) groups is 2. The van der Waals surface area contributed by atoms with Crippen LogP contribution in [0.4, 0.5) is 8.78 Å². The van der Waals surface area contributed by atoms with E-state index in [-0.39, 0.29) is 23.2 Å². The highest BCUT2D eigenvalue weighted by Gasteiger charge is 2.16. The molecule has 2 N–H and O–H groups in total. The molecule has 0 aliphatic carbocycles. The molecule has 1 atom stereocenters. The molecule has 0 radical (unpaired) electrons. The van der Waals surface area contributed by atoms with Gasteiger partial charge in [-0.05, 0) is 13.0 Å². The van der Waals surface area contributed by atoms with Crippen molar-refractivity contribution < 1.29 is 28.2 Å². The van der Waals surface area contributed by atoms with E-state index in [1.807, 2.05) is 0 Å². The normalized spacial score (nSPS) is 12.0. The van der Waals surface area contributed by atoms with Gasteiger partial charge in [-0.15, -0.1) is 11.8 Å². The molecule has 1 rings (SSSR count). The summed E-state index contributed by atoms with van der Waals surface area (Å²) in [6, 6.07) is 5.64. The largest absolute Gasteiger partial charge is 0.481 e. The monoisotopic (exact) mass is 319 g/mol. The quantitative estimate of drug-likeness (QED) is 0.769. The zero-order valence-electron chi connectivity index (χ0n) is 11.2. The second-order valence-electron chi connectivity index (χ2n) is 4.09. The van der Waals surface area contributed by atoms with E-state index in [4.69, 9.17) is 5.11 Å². The van der Waals surface area contributed by atoms with Gasteiger partial charge in [0.2, 0.25) is 5.91 Å². The lowest BCUT2D eigenvalue weighted by Gasteiger charge is -2.17. The molecule has 1 amide bonds. The molecule has 0 aliphatic heterocycles. The minimum Gasteiger partial charge on any atom is -0.481 e. The van der Waals surface area contributed by atoms with Crippen molar-refractivity contribution in [2.45, 2.75) is 19.6 Å². The van der Waals surface area contributed by atoms with E-state index >= 15 is 0 Å². The van der Waals surface area contributed by atoms with Crippen LogP contribution in [-0.2, 0) is 9.59 Å². The van der Waals surface area contributed by atoms with Crippen LogP contribution >= 0.6 is 11.8 Å². The van der Waals surface area contributed by atoms with Gasteiger partial charge in [-0.3, -0.25) is 9.59 Å². The molecule has 1 aromatic rings. The summed E-state index contributed by atoms with van der Waals surface area (Å²) < 4.78 is 29.0. The zero-order valence-corrected chi connectivity index (χ0v) is 12.0. The first-order chi connectivity index (χ1) is 9.90. The number of alkyl halides is 2. The molecule has 21 heavy (non-hydrogen) atoms. The summed E-state index contributed by atoms with van der Waals surface area (Å²) in [6.07, 6.45) is 0. The second kappa shape index (κ2) is 8.46. The Kier molecular flexibility index (Phi) is 6.93. The van der Waals surface area contributed by atoms with Crippen LogP contribution in [0.1, 0.15) is 18.5 Å². The summed E-state index contributed by atoms with van der Waals surface area (Å²) in [5.41, 5.74) is 0.425. The summed E-state index contributed by atoms with van der Waals surface area (Å²) in [5, 5.41) is 11.1. The van der Waals surface area contributed by atoms with Gasteiger partial charge in [-0.1, -0.05) is 18.2 Å². The molecule has 0 bridgehead atoms. The number of halogens is 2. The van der Waals surface area contributed by atoms with Crippen molar-refractivity contribution in [1.82, 2.24) is 5.32 Å². The molecule has 1 aromatic carbocycles. The van der Waals surface area contributed by atoms with E-state index < -0.39 is 18.6 Å². The van der Waals surface area contributed by atoms with Crippen LogP contribution in [0.3, 0.4) is 0 Å². The molecule has 1 unspecified atom stereocenters. The maximum absolute atomic E-state index is 12.3. The third-order valence-electron chi connectivity index (χ3n) is 2.44. The predicted octanol–water partition coefficient (Wildman–Crippen LogP) is 2.28. The van der Waals surface area contributed by atoms with Crippen molar-refractivity contribution in [2.75, 3.05) is 11.5 Å². The fourth-order valence-electron chi connectivity index (χ4n) is 1.63. The van der Waals surface area contributed by atoms with Crippen LogP contribution in [0.25, 0.3) is 0 Å². The van der Waals surface area contributed by atoms with Crippen molar-refractivity contribution in [3.05, 3.63) is 29.8 Å². The molecule has 0 aromatic heterocycles. The highest BCUT2D eigenvalue weighted by molar-refractivity contribution is 8.00. The Hall–Kier alpha value is -1.83. The van der Waals surface area contributed by atoms with Crippen LogP contribution in [0.5, 0.6) is 5.75 Å². The molecular weight excluding hydrogens is 304 g/mol. The summed E-state index contributed by atoms with van der Waals surface area (Å²) in [5.74, 6) is -1.57. The Morgan fingerprint density at radius 2 is 2.00 bits per heavy atom. The van der Waals surface area contributed by atoms with Crippen molar-refractivity contribution in [3.8, 4) is 5.75 Å². The van der Waals surface area contributed by atoms with Crippen molar-refractivity contribution >= 4 is 23.6 Å². The Bertz CT molecular complexity index is 499. The zero-order chi connectivity index (χ0) is 15.8. The SMILES string of the molecule is CC(NC(=O)CSCC(=O)O)c1ccccc1OC(F)F. The lowest BCUT2D eigenvalue weighted by atomic mass is 10.1. The number of hydrogen-bond donors (Lipinski definition) is 2. The van der Waals surface area contributed by atoms with Gasteiger partial charge in [-0.25, -0.2) is 0 Å². The van der Waals surface area contributed by atoms with Gasteiger partial charge in [0.05, 0.1) is 17.5 Å². The molecule has 8 heteroatoms. The second-order valence-corrected chi connectivity index (χ2v) is 5.08. The average Bonchev–Trinajstić information content (AvgIpc) is 2.37. The number of benzene rings is 1. The number of ether oxygens (including phenoxy) is 1. The number of carboxylic acid groups (broad SMARTS) is 1. The number of carbonyl (C=O) groups excluding carboxylic acids is 1. The average molecular weight is 319 g/mol. The van der Waals surface area contributed by atoms with Gasteiger partial charge in [0.1, 0.15) is 5.75 Å². The van der Waals surface area contributed by atoms with Crippen LogP contribution in [0, 0.1) is 0 Å². The van der Waals surface area contributed by atoms with Crippen molar-refractivity contribution in [1.29, 1.82) is 0 Å². The molecule has 0 saturated carbocycles. The molecule has 116 valence electrons.